The van der Waals surface area contributed by atoms with E-state index < -0.39 is 6.43 Å². The Morgan fingerprint density at radius 1 is 1.38 bits per heavy atom. The number of aromatic nitrogens is 1. The highest BCUT2D eigenvalue weighted by Gasteiger charge is 2.13. The number of fused-ring (bicyclic) bond motifs is 1. The summed E-state index contributed by atoms with van der Waals surface area (Å²) < 4.78 is 29.7. The first-order valence-corrected chi connectivity index (χ1v) is 3.99. The smallest absolute Gasteiger partial charge is 0.267 e. The zero-order chi connectivity index (χ0) is 9.42. The van der Waals surface area contributed by atoms with Crippen molar-refractivity contribution in [2.45, 2.75) is 6.43 Å². The average Bonchev–Trinajstić information content (AvgIpc) is 2.43. The van der Waals surface area contributed by atoms with Gasteiger partial charge in [0.1, 0.15) is 0 Å². The molecule has 0 unspecified atom stereocenters. The molecule has 0 fully saturated rings. The van der Waals surface area contributed by atoms with E-state index in [2.05, 4.69) is 4.98 Å². The number of nitrogens with one attached hydrogen (secondary N) is 1. The van der Waals surface area contributed by atoms with Gasteiger partial charge in [-0.05, 0) is 24.4 Å². The number of aromatic amines is 1. The van der Waals surface area contributed by atoms with Crippen LogP contribution in [0.2, 0.25) is 0 Å². The van der Waals surface area contributed by atoms with Crippen LogP contribution in [-0.4, -0.2) is 4.98 Å². The summed E-state index contributed by atoms with van der Waals surface area (Å²) in [7, 11) is 0. The Labute approximate surface area is 77.2 Å². The molecule has 1 N–H and O–H groups in total. The molecular weight excluding hydrogens is 196 g/mol. The minimum atomic E-state index is -2.54. The van der Waals surface area contributed by atoms with Gasteiger partial charge < -0.3 is 9.40 Å². The van der Waals surface area contributed by atoms with Crippen LogP contribution in [0.15, 0.2) is 22.6 Å². The Kier molecular flexibility index (Phi) is 1.88. The van der Waals surface area contributed by atoms with E-state index in [1.54, 1.807) is 6.07 Å². The monoisotopic (exact) mass is 201 g/mol. The number of hydrogen-bond acceptors (Lipinski definition) is 2. The van der Waals surface area contributed by atoms with Gasteiger partial charge in [0.25, 0.3) is 11.3 Å². The predicted molar refractivity (Wildman–Crippen MR) is 46.4 cm³/mol. The second-order valence-electron chi connectivity index (χ2n) is 2.54. The lowest BCUT2D eigenvalue weighted by molar-refractivity contribution is 0.152. The van der Waals surface area contributed by atoms with E-state index in [1.165, 1.54) is 12.1 Å². The van der Waals surface area contributed by atoms with Crippen molar-refractivity contribution in [1.29, 1.82) is 0 Å². The van der Waals surface area contributed by atoms with Gasteiger partial charge in [-0.3, -0.25) is 0 Å². The molecule has 5 heteroatoms. The zero-order valence-electron chi connectivity index (χ0n) is 6.38. The molecule has 2 aromatic rings. The molecule has 2 rings (SSSR count). The van der Waals surface area contributed by atoms with Crippen molar-refractivity contribution in [2.75, 3.05) is 0 Å². The fourth-order valence-corrected chi connectivity index (χ4v) is 1.36. The second kappa shape index (κ2) is 2.92. The summed E-state index contributed by atoms with van der Waals surface area (Å²) in [5.41, 5.74) is 0.509. The van der Waals surface area contributed by atoms with E-state index in [1.807, 2.05) is 0 Å². The van der Waals surface area contributed by atoms with E-state index >= 15 is 0 Å². The van der Waals surface area contributed by atoms with Gasteiger partial charge in [-0.1, -0.05) is 6.07 Å². The Morgan fingerprint density at radius 3 is 2.85 bits per heavy atom. The Bertz CT molecular complexity index is 488. The number of H-pyrrole nitrogens is 1. The van der Waals surface area contributed by atoms with Crippen molar-refractivity contribution in [3.8, 4) is 0 Å². The summed E-state index contributed by atoms with van der Waals surface area (Å²) in [6, 6.07) is 4.49. The molecule has 0 saturated heterocycles. The predicted octanol–water partition coefficient (Wildman–Crippen LogP) is 3.43. The van der Waals surface area contributed by atoms with Crippen LogP contribution in [0.3, 0.4) is 0 Å². The molecule has 0 amide bonds. The highest BCUT2D eigenvalue weighted by atomic mass is 32.1. The summed E-state index contributed by atoms with van der Waals surface area (Å²) in [4.78, 5) is 2.78. The lowest BCUT2D eigenvalue weighted by atomic mass is 10.2. The van der Waals surface area contributed by atoms with Crippen LogP contribution in [0, 0.1) is 4.84 Å². The van der Waals surface area contributed by atoms with Crippen molar-refractivity contribution in [1.82, 2.24) is 4.98 Å². The van der Waals surface area contributed by atoms with Crippen molar-refractivity contribution < 1.29 is 13.2 Å². The molecule has 0 atom stereocenters. The largest absolute Gasteiger partial charge is 0.429 e. The standard InChI is InChI=1S/C8H5F2NOS/c9-7(10)4-2-1-3-5-6(4)12-8(13)11-5/h1-3,7H,(H,11,13). The van der Waals surface area contributed by atoms with E-state index in [-0.39, 0.29) is 16.0 Å². The van der Waals surface area contributed by atoms with Crippen molar-refractivity contribution in [3.05, 3.63) is 28.6 Å². The maximum Gasteiger partial charge on any atom is 0.267 e. The number of rotatable bonds is 1. The first kappa shape index (κ1) is 8.37. The van der Waals surface area contributed by atoms with Crippen molar-refractivity contribution >= 4 is 23.3 Å². The van der Waals surface area contributed by atoms with Gasteiger partial charge in [0.2, 0.25) is 0 Å². The molecule has 13 heavy (non-hydrogen) atoms. The third-order valence-corrected chi connectivity index (χ3v) is 1.90. The van der Waals surface area contributed by atoms with Crippen LogP contribution in [0.4, 0.5) is 8.78 Å². The fourth-order valence-electron chi connectivity index (χ4n) is 1.17. The van der Waals surface area contributed by atoms with Gasteiger partial charge in [0.15, 0.2) is 5.58 Å². The summed E-state index contributed by atoms with van der Waals surface area (Å²) in [6.07, 6.45) is -2.54. The third kappa shape index (κ3) is 1.35. The first-order chi connectivity index (χ1) is 6.18. The summed E-state index contributed by atoms with van der Waals surface area (Å²) >= 11 is 4.69. The zero-order valence-corrected chi connectivity index (χ0v) is 7.20. The van der Waals surface area contributed by atoms with Crippen LogP contribution in [0.25, 0.3) is 11.1 Å². The van der Waals surface area contributed by atoms with E-state index in [0.717, 1.165) is 0 Å². The number of oxazole rings is 1. The lowest BCUT2D eigenvalue weighted by Gasteiger charge is -1.97. The van der Waals surface area contributed by atoms with E-state index in [4.69, 9.17) is 16.6 Å². The lowest BCUT2D eigenvalue weighted by Crippen LogP contribution is -1.83. The Morgan fingerprint density at radius 2 is 2.15 bits per heavy atom. The summed E-state index contributed by atoms with van der Waals surface area (Å²) in [5.74, 6) is 0. The van der Waals surface area contributed by atoms with Crippen LogP contribution in [0.1, 0.15) is 12.0 Å². The van der Waals surface area contributed by atoms with Crippen LogP contribution < -0.4 is 0 Å². The molecule has 0 aliphatic carbocycles. The molecular formula is C8H5F2NOS. The normalized spacial score (nSPS) is 11.3. The summed E-state index contributed by atoms with van der Waals surface area (Å²) in [6.45, 7) is 0. The summed E-state index contributed by atoms with van der Waals surface area (Å²) in [5, 5.41) is 0. The van der Waals surface area contributed by atoms with Gasteiger partial charge in [-0.25, -0.2) is 8.78 Å². The van der Waals surface area contributed by atoms with Gasteiger partial charge in [-0.2, -0.15) is 0 Å². The highest BCUT2D eigenvalue weighted by molar-refractivity contribution is 7.71. The first-order valence-electron chi connectivity index (χ1n) is 3.58. The van der Waals surface area contributed by atoms with Crippen molar-refractivity contribution in [2.24, 2.45) is 0 Å². The number of benzene rings is 1. The molecule has 1 aromatic carbocycles. The molecule has 68 valence electrons. The van der Waals surface area contributed by atoms with Crippen LogP contribution >= 0.6 is 12.2 Å². The second-order valence-corrected chi connectivity index (χ2v) is 2.91. The van der Waals surface area contributed by atoms with Gasteiger partial charge >= 0.3 is 0 Å². The fraction of sp³-hybridized carbons (Fsp3) is 0.125. The molecule has 1 aromatic heterocycles. The number of alkyl halides is 2. The minimum absolute atomic E-state index is 0.114. The molecule has 0 saturated carbocycles. The average molecular weight is 201 g/mol. The molecule has 0 spiro atoms. The quantitative estimate of drug-likeness (QED) is 0.716. The van der Waals surface area contributed by atoms with E-state index in [9.17, 15) is 8.78 Å². The Balaban J connectivity index is 2.82. The molecule has 1 heterocycles. The van der Waals surface area contributed by atoms with Gasteiger partial charge in [0.05, 0.1) is 11.1 Å². The van der Waals surface area contributed by atoms with E-state index in [0.29, 0.717) is 5.52 Å². The van der Waals surface area contributed by atoms with Crippen LogP contribution in [0.5, 0.6) is 0 Å². The molecule has 2 nitrogen and oxygen atoms in total. The topological polar surface area (TPSA) is 28.9 Å². The van der Waals surface area contributed by atoms with Crippen LogP contribution in [-0.2, 0) is 0 Å². The van der Waals surface area contributed by atoms with Gasteiger partial charge in [0, 0.05) is 0 Å². The molecule has 0 aliphatic rings. The number of halogens is 2. The number of para-hydroxylation sites is 1. The molecule has 0 aliphatic heterocycles. The Hall–Kier alpha value is -1.23. The van der Waals surface area contributed by atoms with Gasteiger partial charge in [-0.15, -0.1) is 0 Å². The maximum absolute atomic E-state index is 12.4. The molecule has 0 radical (unpaired) electrons. The maximum atomic E-state index is 12.4. The minimum Gasteiger partial charge on any atom is -0.429 e. The highest BCUT2D eigenvalue weighted by Crippen LogP contribution is 2.27. The molecule has 0 bridgehead atoms. The SMILES string of the molecule is FC(F)c1cccc2[nH]c(=S)oc12. The number of hydrogen-bond donors (Lipinski definition) is 1. The van der Waals surface area contributed by atoms with Crippen molar-refractivity contribution in [3.63, 3.8) is 0 Å². The third-order valence-electron chi connectivity index (χ3n) is 1.71.